The summed E-state index contributed by atoms with van der Waals surface area (Å²) in [6, 6.07) is 10.6. The first kappa shape index (κ1) is 17.0. The van der Waals surface area contributed by atoms with Crippen molar-refractivity contribution in [1.82, 2.24) is 0 Å². The van der Waals surface area contributed by atoms with Crippen molar-refractivity contribution >= 4 is 42.4 Å². The molecule has 3 rings (SSSR count). The standard InChI is InChI=1S/C15H12ClNO5S2/c1-23(18,19)14-5-3-11(16)8-12(14)9-2-4-13-10(6-9)7-15(22-13)24(17,20)21/h2-8H,1H3,(H2,17,20,21). The van der Waals surface area contributed by atoms with E-state index in [2.05, 4.69) is 0 Å². The molecular formula is C15H12ClNO5S2. The number of fused-ring (bicyclic) bond motifs is 1. The maximum absolute atomic E-state index is 12.0. The molecule has 0 atom stereocenters. The van der Waals surface area contributed by atoms with E-state index in [-0.39, 0.29) is 9.99 Å². The van der Waals surface area contributed by atoms with Gasteiger partial charge < -0.3 is 4.42 Å². The van der Waals surface area contributed by atoms with E-state index in [0.29, 0.717) is 27.1 Å². The van der Waals surface area contributed by atoms with Gasteiger partial charge in [-0.3, -0.25) is 0 Å². The van der Waals surface area contributed by atoms with E-state index >= 15 is 0 Å². The van der Waals surface area contributed by atoms with Crippen molar-refractivity contribution < 1.29 is 21.3 Å². The molecule has 3 aromatic rings. The van der Waals surface area contributed by atoms with Crippen LogP contribution in [0.1, 0.15) is 0 Å². The molecule has 0 spiro atoms. The lowest BCUT2D eigenvalue weighted by Crippen LogP contribution is -2.10. The minimum absolute atomic E-state index is 0.126. The molecule has 24 heavy (non-hydrogen) atoms. The second-order valence-electron chi connectivity index (χ2n) is 5.28. The van der Waals surface area contributed by atoms with E-state index < -0.39 is 19.9 Å². The predicted molar refractivity (Wildman–Crippen MR) is 91.1 cm³/mol. The first-order chi connectivity index (χ1) is 11.1. The number of sulfone groups is 1. The summed E-state index contributed by atoms with van der Waals surface area (Å²) < 4.78 is 51.9. The third-order valence-electron chi connectivity index (χ3n) is 3.43. The van der Waals surface area contributed by atoms with Gasteiger partial charge in [0.25, 0.3) is 10.0 Å². The van der Waals surface area contributed by atoms with Gasteiger partial charge in [0.05, 0.1) is 4.90 Å². The predicted octanol–water partition coefficient (Wildman–Crippen LogP) is 2.80. The summed E-state index contributed by atoms with van der Waals surface area (Å²) in [6.45, 7) is 0. The molecule has 0 saturated carbocycles. The molecule has 9 heteroatoms. The van der Waals surface area contributed by atoms with Crippen molar-refractivity contribution in [2.45, 2.75) is 9.99 Å². The highest BCUT2D eigenvalue weighted by Crippen LogP contribution is 2.33. The zero-order valence-corrected chi connectivity index (χ0v) is 14.7. The van der Waals surface area contributed by atoms with E-state index in [1.54, 1.807) is 24.3 Å². The lowest BCUT2D eigenvalue weighted by atomic mass is 10.0. The SMILES string of the molecule is CS(=O)(=O)c1ccc(Cl)cc1-c1ccc2oc(S(N)(=O)=O)cc2c1. The van der Waals surface area contributed by atoms with E-state index in [9.17, 15) is 16.8 Å². The Balaban J connectivity index is 2.26. The maximum Gasteiger partial charge on any atom is 0.271 e. The van der Waals surface area contributed by atoms with Crippen molar-refractivity contribution in [1.29, 1.82) is 0 Å². The molecule has 1 heterocycles. The quantitative estimate of drug-likeness (QED) is 0.745. The number of halogens is 1. The molecule has 0 saturated heterocycles. The fraction of sp³-hybridized carbons (Fsp3) is 0.0667. The molecule has 0 fully saturated rings. The van der Waals surface area contributed by atoms with Crippen LogP contribution in [0.15, 0.2) is 56.9 Å². The number of furan rings is 1. The Bertz CT molecular complexity index is 1160. The summed E-state index contributed by atoms with van der Waals surface area (Å²) in [5, 5.41) is 5.56. The van der Waals surface area contributed by atoms with Crippen LogP contribution in [0.3, 0.4) is 0 Å². The molecule has 2 N–H and O–H groups in total. The van der Waals surface area contributed by atoms with Crippen LogP contribution in [0.4, 0.5) is 0 Å². The van der Waals surface area contributed by atoms with Gasteiger partial charge in [0.2, 0.25) is 5.09 Å². The van der Waals surface area contributed by atoms with Gasteiger partial charge in [0.15, 0.2) is 9.84 Å². The first-order valence-corrected chi connectivity index (χ1v) is 10.4. The smallest absolute Gasteiger partial charge is 0.271 e. The van der Waals surface area contributed by atoms with Crippen LogP contribution in [0.2, 0.25) is 5.02 Å². The van der Waals surface area contributed by atoms with Crippen LogP contribution >= 0.6 is 11.6 Å². The Morgan fingerprint density at radius 1 is 1.00 bits per heavy atom. The van der Waals surface area contributed by atoms with Crippen LogP contribution < -0.4 is 5.14 Å². The molecule has 0 aliphatic heterocycles. The summed E-state index contributed by atoms with van der Waals surface area (Å²) in [4.78, 5) is 0.126. The lowest BCUT2D eigenvalue weighted by Gasteiger charge is -2.09. The Morgan fingerprint density at radius 2 is 1.71 bits per heavy atom. The zero-order valence-electron chi connectivity index (χ0n) is 12.4. The van der Waals surface area contributed by atoms with Gasteiger partial charge in [-0.2, -0.15) is 0 Å². The molecule has 0 unspecified atom stereocenters. The fourth-order valence-corrected chi connectivity index (χ4v) is 3.94. The Labute approximate surface area is 143 Å². The highest BCUT2D eigenvalue weighted by molar-refractivity contribution is 7.90. The van der Waals surface area contributed by atoms with Gasteiger partial charge in [0, 0.05) is 28.3 Å². The minimum Gasteiger partial charge on any atom is -0.443 e. The first-order valence-electron chi connectivity index (χ1n) is 6.62. The summed E-state index contributed by atoms with van der Waals surface area (Å²) in [6.07, 6.45) is 1.11. The van der Waals surface area contributed by atoms with Gasteiger partial charge in [-0.1, -0.05) is 17.7 Å². The molecule has 0 aliphatic rings. The van der Waals surface area contributed by atoms with Gasteiger partial charge >= 0.3 is 0 Å². The number of primary sulfonamides is 1. The van der Waals surface area contributed by atoms with Crippen LogP contribution in [0.5, 0.6) is 0 Å². The molecule has 1 aromatic heterocycles. The van der Waals surface area contributed by atoms with E-state index in [1.807, 2.05) is 0 Å². The average Bonchev–Trinajstić information content (AvgIpc) is 2.88. The second-order valence-corrected chi connectivity index (χ2v) is 9.19. The monoisotopic (exact) mass is 385 g/mol. The third kappa shape index (κ3) is 3.18. The highest BCUT2D eigenvalue weighted by Gasteiger charge is 2.18. The maximum atomic E-state index is 12.0. The highest BCUT2D eigenvalue weighted by atomic mass is 35.5. The summed E-state index contributed by atoms with van der Waals surface area (Å²) >= 11 is 5.99. The lowest BCUT2D eigenvalue weighted by molar-refractivity contribution is 0.482. The molecule has 0 radical (unpaired) electrons. The van der Waals surface area contributed by atoms with Crippen LogP contribution in [0.25, 0.3) is 22.1 Å². The van der Waals surface area contributed by atoms with Crippen molar-refractivity contribution in [3.8, 4) is 11.1 Å². The van der Waals surface area contributed by atoms with E-state index in [1.165, 1.54) is 18.2 Å². The molecule has 0 aliphatic carbocycles. The van der Waals surface area contributed by atoms with Crippen LogP contribution in [-0.4, -0.2) is 23.1 Å². The van der Waals surface area contributed by atoms with Crippen LogP contribution in [-0.2, 0) is 19.9 Å². The number of rotatable bonds is 3. The van der Waals surface area contributed by atoms with Gasteiger partial charge in [-0.05, 0) is 35.9 Å². The summed E-state index contributed by atoms with van der Waals surface area (Å²) in [5.74, 6) is 0. The second kappa shape index (κ2) is 5.59. The van der Waals surface area contributed by atoms with E-state index in [0.717, 1.165) is 6.26 Å². The largest absolute Gasteiger partial charge is 0.443 e. The Morgan fingerprint density at radius 3 is 2.33 bits per heavy atom. The van der Waals surface area contributed by atoms with Gasteiger partial charge in [0.1, 0.15) is 5.58 Å². The van der Waals surface area contributed by atoms with Gasteiger partial charge in [-0.25, -0.2) is 22.0 Å². The summed E-state index contributed by atoms with van der Waals surface area (Å²) in [7, 11) is -7.43. The molecule has 0 amide bonds. The van der Waals surface area contributed by atoms with Crippen molar-refractivity contribution in [3.63, 3.8) is 0 Å². The third-order valence-corrected chi connectivity index (χ3v) is 5.58. The van der Waals surface area contributed by atoms with Gasteiger partial charge in [-0.15, -0.1) is 0 Å². The average molecular weight is 386 g/mol. The number of hydrogen-bond donors (Lipinski definition) is 1. The molecule has 2 aromatic carbocycles. The molecule has 0 bridgehead atoms. The number of sulfonamides is 1. The van der Waals surface area contributed by atoms with E-state index in [4.69, 9.17) is 21.2 Å². The van der Waals surface area contributed by atoms with Crippen molar-refractivity contribution in [2.24, 2.45) is 5.14 Å². The Hall–Kier alpha value is -1.87. The zero-order chi connectivity index (χ0) is 17.7. The normalized spacial score (nSPS) is 12.6. The Kier molecular flexibility index (Phi) is 3.95. The topological polar surface area (TPSA) is 107 Å². The molecular weight excluding hydrogens is 374 g/mol. The number of benzene rings is 2. The van der Waals surface area contributed by atoms with Crippen molar-refractivity contribution in [3.05, 3.63) is 47.5 Å². The van der Waals surface area contributed by atoms with Crippen molar-refractivity contribution in [2.75, 3.05) is 6.26 Å². The van der Waals surface area contributed by atoms with Crippen LogP contribution in [0, 0.1) is 0 Å². The summed E-state index contributed by atoms with van der Waals surface area (Å²) in [5.41, 5.74) is 1.31. The number of hydrogen-bond acceptors (Lipinski definition) is 5. The minimum atomic E-state index is -3.96. The fourth-order valence-electron chi connectivity index (χ4n) is 2.38. The number of nitrogens with two attached hydrogens (primary N) is 1. The molecule has 6 nitrogen and oxygen atoms in total. The molecule has 126 valence electrons.